The fraction of sp³-hybridized carbons (Fsp3) is 0.100. The minimum Gasteiger partial charge on any atom is -0.383 e. The number of fused-ring (bicyclic) bond motifs is 1. The SMILES string of the molecule is COC1C=CC(Cl)=CN1c1ccc(F)c(-c2ccc3ncnc(N)c3c2)c1F. The van der Waals surface area contributed by atoms with Crippen molar-refractivity contribution in [2.75, 3.05) is 17.7 Å². The van der Waals surface area contributed by atoms with Gasteiger partial charge in [0.05, 0.1) is 21.8 Å². The predicted octanol–water partition coefficient (Wildman–Crippen LogP) is 4.59. The number of ether oxygens (including phenoxy) is 1. The van der Waals surface area contributed by atoms with Crippen LogP contribution >= 0.6 is 11.6 Å². The fourth-order valence-electron chi connectivity index (χ4n) is 3.15. The summed E-state index contributed by atoms with van der Waals surface area (Å²) in [5.74, 6) is -1.21. The van der Waals surface area contributed by atoms with Gasteiger partial charge in [0.25, 0.3) is 0 Å². The Morgan fingerprint density at radius 2 is 2.00 bits per heavy atom. The van der Waals surface area contributed by atoms with Crippen LogP contribution in [0.5, 0.6) is 0 Å². The van der Waals surface area contributed by atoms with E-state index in [-0.39, 0.29) is 17.1 Å². The Balaban J connectivity index is 1.88. The van der Waals surface area contributed by atoms with Gasteiger partial charge in [0, 0.05) is 18.7 Å². The normalized spacial score (nSPS) is 16.5. The fourth-order valence-corrected chi connectivity index (χ4v) is 3.33. The van der Waals surface area contributed by atoms with Crippen LogP contribution in [0.15, 0.2) is 60.0 Å². The maximum absolute atomic E-state index is 15.4. The van der Waals surface area contributed by atoms with Crippen molar-refractivity contribution in [2.45, 2.75) is 6.23 Å². The second-order valence-corrected chi connectivity index (χ2v) is 6.59. The topological polar surface area (TPSA) is 64.3 Å². The van der Waals surface area contributed by atoms with Gasteiger partial charge in [0.2, 0.25) is 0 Å². The molecule has 2 heterocycles. The molecule has 0 bridgehead atoms. The molecule has 1 aliphatic rings. The summed E-state index contributed by atoms with van der Waals surface area (Å²) in [4.78, 5) is 9.54. The van der Waals surface area contributed by atoms with Gasteiger partial charge in [-0.3, -0.25) is 0 Å². The van der Waals surface area contributed by atoms with Gasteiger partial charge in [0.15, 0.2) is 12.0 Å². The number of allylic oxidation sites excluding steroid dienone is 2. The summed E-state index contributed by atoms with van der Waals surface area (Å²) in [6.45, 7) is 0. The van der Waals surface area contributed by atoms with Crippen LogP contribution in [0.25, 0.3) is 22.0 Å². The molecule has 0 radical (unpaired) electrons. The number of nitrogens with zero attached hydrogens (tertiary/aromatic N) is 3. The quantitative estimate of drug-likeness (QED) is 0.696. The van der Waals surface area contributed by atoms with Crippen LogP contribution < -0.4 is 10.6 Å². The first kappa shape index (κ1) is 18.3. The Bertz CT molecular complexity index is 1130. The lowest BCUT2D eigenvalue weighted by molar-refractivity contribution is 0.143. The minimum absolute atomic E-state index is 0.128. The van der Waals surface area contributed by atoms with Crippen LogP contribution in [-0.2, 0) is 4.74 Å². The second-order valence-electron chi connectivity index (χ2n) is 6.15. The van der Waals surface area contributed by atoms with E-state index in [0.29, 0.717) is 21.5 Å². The van der Waals surface area contributed by atoms with Gasteiger partial charge >= 0.3 is 0 Å². The van der Waals surface area contributed by atoms with Crippen LogP contribution in [0.2, 0.25) is 0 Å². The first-order valence-electron chi connectivity index (χ1n) is 8.35. The zero-order valence-corrected chi connectivity index (χ0v) is 15.5. The first-order valence-corrected chi connectivity index (χ1v) is 8.72. The second kappa shape index (κ2) is 7.18. The van der Waals surface area contributed by atoms with Gasteiger partial charge in [-0.2, -0.15) is 0 Å². The minimum atomic E-state index is -0.743. The third-order valence-electron chi connectivity index (χ3n) is 4.50. The number of rotatable bonds is 3. The largest absolute Gasteiger partial charge is 0.383 e. The highest BCUT2D eigenvalue weighted by Gasteiger charge is 2.24. The Labute approximate surface area is 164 Å². The highest BCUT2D eigenvalue weighted by molar-refractivity contribution is 6.31. The van der Waals surface area contributed by atoms with Gasteiger partial charge in [-0.1, -0.05) is 17.7 Å². The molecule has 1 aliphatic heterocycles. The van der Waals surface area contributed by atoms with Gasteiger partial charge in [0.1, 0.15) is 18.0 Å². The van der Waals surface area contributed by atoms with Crippen molar-refractivity contribution in [3.8, 4) is 11.1 Å². The molecule has 0 saturated carbocycles. The zero-order chi connectivity index (χ0) is 19.8. The van der Waals surface area contributed by atoms with E-state index in [2.05, 4.69) is 9.97 Å². The highest BCUT2D eigenvalue weighted by atomic mass is 35.5. The van der Waals surface area contributed by atoms with Crippen molar-refractivity contribution in [3.63, 3.8) is 0 Å². The van der Waals surface area contributed by atoms with E-state index in [1.807, 2.05) is 0 Å². The molecule has 2 aromatic carbocycles. The number of hydrogen-bond donors (Lipinski definition) is 1. The Hall–Kier alpha value is -3.03. The molecule has 1 aromatic heterocycles. The molecule has 0 spiro atoms. The number of methoxy groups -OCH3 is 1. The molecular formula is C20H15ClF2N4O. The average molecular weight is 401 g/mol. The molecule has 142 valence electrons. The van der Waals surface area contributed by atoms with Gasteiger partial charge < -0.3 is 15.4 Å². The number of benzene rings is 2. The van der Waals surface area contributed by atoms with E-state index in [1.165, 1.54) is 36.7 Å². The molecule has 4 rings (SSSR count). The third-order valence-corrected chi connectivity index (χ3v) is 4.73. The molecule has 1 unspecified atom stereocenters. The van der Waals surface area contributed by atoms with Gasteiger partial charge in [-0.25, -0.2) is 18.7 Å². The summed E-state index contributed by atoms with van der Waals surface area (Å²) in [7, 11) is 1.49. The molecule has 0 amide bonds. The molecule has 1 atom stereocenters. The molecule has 2 N–H and O–H groups in total. The van der Waals surface area contributed by atoms with Crippen molar-refractivity contribution in [1.29, 1.82) is 0 Å². The smallest absolute Gasteiger partial charge is 0.157 e. The monoisotopic (exact) mass is 400 g/mol. The standard InChI is InChI=1S/C20H15ClF2N4O/c1-28-17-7-3-12(21)9-27(17)16-6-4-14(22)18(19(16)23)11-2-5-15-13(8-11)20(24)26-10-25-15/h2-10,17H,1H3,(H2,24,25,26). The van der Waals surface area contributed by atoms with Crippen molar-refractivity contribution in [3.05, 3.63) is 71.7 Å². The van der Waals surface area contributed by atoms with Crippen molar-refractivity contribution in [1.82, 2.24) is 9.97 Å². The van der Waals surface area contributed by atoms with Crippen molar-refractivity contribution in [2.24, 2.45) is 0 Å². The lowest BCUT2D eigenvalue weighted by atomic mass is 10.0. The Morgan fingerprint density at radius 3 is 2.79 bits per heavy atom. The third kappa shape index (κ3) is 3.08. The number of hydrogen-bond acceptors (Lipinski definition) is 5. The van der Waals surface area contributed by atoms with E-state index in [0.717, 1.165) is 0 Å². The summed E-state index contributed by atoms with van der Waals surface area (Å²) in [6.07, 6.45) is 5.63. The molecule has 0 fully saturated rings. The van der Waals surface area contributed by atoms with Crippen LogP contribution in [0.4, 0.5) is 20.3 Å². The zero-order valence-electron chi connectivity index (χ0n) is 14.7. The molecular weight excluding hydrogens is 386 g/mol. The number of nitrogen functional groups attached to an aromatic ring is 1. The van der Waals surface area contributed by atoms with Crippen LogP contribution in [-0.4, -0.2) is 23.3 Å². The van der Waals surface area contributed by atoms with E-state index in [9.17, 15) is 4.39 Å². The molecule has 3 aromatic rings. The van der Waals surface area contributed by atoms with Gasteiger partial charge in [-0.15, -0.1) is 0 Å². The highest BCUT2D eigenvalue weighted by Crippen LogP contribution is 2.36. The van der Waals surface area contributed by atoms with E-state index in [1.54, 1.807) is 30.4 Å². The summed E-state index contributed by atoms with van der Waals surface area (Å²) in [5.41, 5.74) is 6.74. The maximum Gasteiger partial charge on any atom is 0.157 e. The summed E-state index contributed by atoms with van der Waals surface area (Å²) >= 11 is 6.06. The van der Waals surface area contributed by atoms with Crippen molar-refractivity contribution < 1.29 is 13.5 Å². The van der Waals surface area contributed by atoms with E-state index in [4.69, 9.17) is 22.1 Å². The Morgan fingerprint density at radius 1 is 1.18 bits per heavy atom. The summed E-state index contributed by atoms with van der Waals surface area (Å²) in [5, 5.41) is 0.914. The van der Waals surface area contributed by atoms with Crippen molar-refractivity contribution >= 4 is 34.0 Å². The molecule has 8 heteroatoms. The molecule has 0 aliphatic carbocycles. The number of aromatic nitrogens is 2. The van der Waals surface area contributed by atoms with Crippen LogP contribution in [0, 0.1) is 11.6 Å². The molecule has 0 saturated heterocycles. The van der Waals surface area contributed by atoms with E-state index >= 15 is 4.39 Å². The lowest BCUT2D eigenvalue weighted by Crippen LogP contribution is -2.33. The van der Waals surface area contributed by atoms with Gasteiger partial charge in [-0.05, 0) is 42.0 Å². The molecule has 28 heavy (non-hydrogen) atoms. The summed E-state index contributed by atoms with van der Waals surface area (Å²) in [6, 6.07) is 7.36. The number of anilines is 2. The van der Waals surface area contributed by atoms with Crippen LogP contribution in [0.3, 0.4) is 0 Å². The Kier molecular flexibility index (Phi) is 4.70. The molecule has 5 nitrogen and oxygen atoms in total. The maximum atomic E-state index is 15.4. The van der Waals surface area contributed by atoms with Crippen LogP contribution in [0.1, 0.15) is 0 Å². The van der Waals surface area contributed by atoms with E-state index < -0.39 is 17.9 Å². The first-order chi connectivity index (χ1) is 13.5. The predicted molar refractivity (Wildman–Crippen MR) is 106 cm³/mol. The number of nitrogens with two attached hydrogens (primary N) is 1. The average Bonchev–Trinajstić information content (AvgIpc) is 2.69. The lowest BCUT2D eigenvalue weighted by Gasteiger charge is -2.30. The summed E-state index contributed by atoms with van der Waals surface area (Å²) < 4.78 is 35.4. The number of halogens is 3.